The van der Waals surface area contributed by atoms with E-state index in [-0.39, 0.29) is 5.69 Å². The van der Waals surface area contributed by atoms with Gasteiger partial charge in [0.2, 0.25) is 0 Å². The molecule has 0 unspecified atom stereocenters. The van der Waals surface area contributed by atoms with Gasteiger partial charge in [0.1, 0.15) is 6.33 Å². The van der Waals surface area contributed by atoms with E-state index in [1.807, 2.05) is 25.1 Å². The number of nitrogens with zero attached hydrogens (tertiary/aromatic N) is 2. The van der Waals surface area contributed by atoms with E-state index in [1.165, 1.54) is 10.9 Å². The molecule has 3 N–H and O–H groups in total. The monoisotopic (exact) mass is 228 g/mol. The Bertz CT molecular complexity index is 642. The van der Waals surface area contributed by atoms with E-state index in [4.69, 9.17) is 5.73 Å². The predicted octanol–water partition coefficient (Wildman–Crippen LogP) is 0.179. The number of aromatic amines is 1. The molecule has 1 heterocycles. The molecule has 0 saturated carbocycles. The van der Waals surface area contributed by atoms with Crippen LogP contribution in [0.5, 0.6) is 0 Å². The molecule has 0 radical (unpaired) electrons. The van der Waals surface area contributed by atoms with Gasteiger partial charge in [-0.3, -0.25) is 0 Å². The molecule has 0 aliphatic rings. The van der Waals surface area contributed by atoms with Gasteiger partial charge >= 0.3 is 5.69 Å². The molecule has 0 aliphatic carbocycles. The highest BCUT2D eigenvalue weighted by Gasteiger charge is 2.04. The van der Waals surface area contributed by atoms with Crippen molar-refractivity contribution in [3.63, 3.8) is 0 Å². The number of benzene rings is 1. The summed E-state index contributed by atoms with van der Waals surface area (Å²) in [6.07, 6.45) is 1.45. The molecule has 86 valence electrons. The van der Waals surface area contributed by atoms with Gasteiger partial charge in [-0.05, 0) is 30.7 Å². The number of H-pyrrole nitrogens is 1. The average Bonchev–Trinajstić information content (AvgIpc) is 2.73. The molecule has 0 atom stereocenters. The van der Waals surface area contributed by atoms with Crippen molar-refractivity contribution in [2.24, 2.45) is 5.73 Å². The highest BCUT2D eigenvalue weighted by atomic mass is 16.1. The number of rotatable bonds is 1. The van der Waals surface area contributed by atoms with Gasteiger partial charge in [-0.15, -0.1) is 0 Å². The average molecular weight is 228 g/mol. The summed E-state index contributed by atoms with van der Waals surface area (Å²) in [5.41, 5.74) is 7.69. The summed E-state index contributed by atoms with van der Waals surface area (Å²) in [7, 11) is 0. The molecule has 0 amide bonds. The first-order chi connectivity index (χ1) is 8.22. The summed E-state index contributed by atoms with van der Waals surface area (Å²) in [5.74, 6) is 5.73. The first-order valence-electron chi connectivity index (χ1n) is 5.14. The number of aryl methyl sites for hydroxylation is 1. The molecule has 1 aromatic carbocycles. The maximum Gasteiger partial charge on any atom is 0.347 e. The Labute approximate surface area is 98.3 Å². The number of nitrogens with two attached hydrogens (primary N) is 1. The van der Waals surface area contributed by atoms with Crippen molar-refractivity contribution in [2.45, 2.75) is 6.92 Å². The van der Waals surface area contributed by atoms with Crippen molar-refractivity contribution in [3.8, 4) is 17.5 Å². The Balaban J connectivity index is 2.46. The van der Waals surface area contributed by atoms with Gasteiger partial charge in [-0.1, -0.05) is 11.8 Å². The lowest BCUT2D eigenvalue weighted by Gasteiger charge is -2.05. The standard InChI is InChI=1S/C12H12N4O/c1-9-7-10(3-2-6-13)4-5-11(9)16-8-14-15-12(16)17/h4-5,7-8H,6,13H2,1H3,(H,15,17). The fourth-order valence-electron chi connectivity index (χ4n) is 1.58. The van der Waals surface area contributed by atoms with Crippen molar-refractivity contribution in [3.05, 3.63) is 46.1 Å². The number of nitrogens with one attached hydrogen (secondary N) is 1. The van der Waals surface area contributed by atoms with Crippen LogP contribution in [0.25, 0.3) is 5.69 Å². The van der Waals surface area contributed by atoms with E-state index in [1.54, 1.807) is 0 Å². The fourth-order valence-corrected chi connectivity index (χ4v) is 1.58. The molecular weight excluding hydrogens is 216 g/mol. The Kier molecular flexibility index (Phi) is 3.08. The normalized spacial score (nSPS) is 9.76. The van der Waals surface area contributed by atoms with E-state index < -0.39 is 0 Å². The second-order valence-corrected chi connectivity index (χ2v) is 3.54. The van der Waals surface area contributed by atoms with E-state index in [9.17, 15) is 4.79 Å². The molecule has 17 heavy (non-hydrogen) atoms. The zero-order valence-corrected chi connectivity index (χ0v) is 9.40. The molecule has 0 saturated heterocycles. The topological polar surface area (TPSA) is 76.7 Å². The minimum Gasteiger partial charge on any atom is -0.320 e. The summed E-state index contributed by atoms with van der Waals surface area (Å²) in [6.45, 7) is 2.25. The van der Waals surface area contributed by atoms with Crippen LogP contribution in [0.15, 0.2) is 29.3 Å². The van der Waals surface area contributed by atoms with Crippen molar-refractivity contribution in [2.75, 3.05) is 6.54 Å². The summed E-state index contributed by atoms with van der Waals surface area (Å²) in [6, 6.07) is 5.61. The Morgan fingerprint density at radius 2 is 2.35 bits per heavy atom. The van der Waals surface area contributed by atoms with Crippen LogP contribution in [0.1, 0.15) is 11.1 Å². The van der Waals surface area contributed by atoms with Crippen molar-refractivity contribution < 1.29 is 0 Å². The van der Waals surface area contributed by atoms with Gasteiger partial charge in [-0.2, -0.15) is 5.10 Å². The highest BCUT2D eigenvalue weighted by Crippen LogP contribution is 2.13. The summed E-state index contributed by atoms with van der Waals surface area (Å²) < 4.78 is 1.45. The highest BCUT2D eigenvalue weighted by molar-refractivity contribution is 5.47. The van der Waals surface area contributed by atoms with E-state index in [0.29, 0.717) is 6.54 Å². The molecule has 0 bridgehead atoms. The van der Waals surface area contributed by atoms with Gasteiger partial charge in [0.15, 0.2) is 0 Å². The maximum atomic E-state index is 11.4. The lowest BCUT2D eigenvalue weighted by Crippen LogP contribution is -2.15. The van der Waals surface area contributed by atoms with E-state index in [2.05, 4.69) is 22.0 Å². The molecule has 1 aromatic heterocycles. The number of hydrogen-bond donors (Lipinski definition) is 2. The van der Waals surface area contributed by atoms with Gasteiger partial charge < -0.3 is 5.73 Å². The molecule has 5 heteroatoms. The van der Waals surface area contributed by atoms with Gasteiger partial charge in [0.05, 0.1) is 12.2 Å². The zero-order valence-electron chi connectivity index (χ0n) is 9.40. The van der Waals surface area contributed by atoms with Crippen molar-refractivity contribution in [1.29, 1.82) is 0 Å². The lowest BCUT2D eigenvalue weighted by atomic mass is 10.1. The van der Waals surface area contributed by atoms with Crippen molar-refractivity contribution >= 4 is 0 Å². The van der Waals surface area contributed by atoms with Gasteiger partial charge in [-0.25, -0.2) is 14.5 Å². The predicted molar refractivity (Wildman–Crippen MR) is 64.9 cm³/mol. The molecular formula is C12H12N4O. The van der Waals surface area contributed by atoms with Crippen LogP contribution in [0.2, 0.25) is 0 Å². The lowest BCUT2D eigenvalue weighted by molar-refractivity contribution is 0.972. The SMILES string of the molecule is Cc1cc(C#CCN)ccc1-n1cn[nH]c1=O. The molecule has 5 nitrogen and oxygen atoms in total. The minimum atomic E-state index is -0.256. The van der Waals surface area contributed by atoms with E-state index >= 15 is 0 Å². The molecule has 2 aromatic rings. The molecule has 0 fully saturated rings. The quantitative estimate of drug-likeness (QED) is 0.683. The van der Waals surface area contributed by atoms with Crippen LogP contribution >= 0.6 is 0 Å². The summed E-state index contributed by atoms with van der Waals surface area (Å²) in [5, 5.41) is 6.05. The zero-order chi connectivity index (χ0) is 12.3. The minimum absolute atomic E-state index is 0.256. The third-order valence-corrected chi connectivity index (χ3v) is 2.34. The van der Waals surface area contributed by atoms with Crippen molar-refractivity contribution in [1.82, 2.24) is 14.8 Å². The van der Waals surface area contributed by atoms with E-state index in [0.717, 1.165) is 16.8 Å². The van der Waals surface area contributed by atoms with Crippen LogP contribution in [0.4, 0.5) is 0 Å². The second-order valence-electron chi connectivity index (χ2n) is 3.54. The smallest absolute Gasteiger partial charge is 0.320 e. The molecule has 2 rings (SSSR count). The largest absolute Gasteiger partial charge is 0.347 e. The maximum absolute atomic E-state index is 11.4. The Hall–Kier alpha value is -2.32. The Morgan fingerprint density at radius 3 is 2.94 bits per heavy atom. The summed E-state index contributed by atoms with van der Waals surface area (Å²) in [4.78, 5) is 11.4. The van der Waals surface area contributed by atoms with Crippen LogP contribution in [-0.4, -0.2) is 21.3 Å². The van der Waals surface area contributed by atoms with Gasteiger partial charge in [0, 0.05) is 5.56 Å². The Morgan fingerprint density at radius 1 is 1.53 bits per heavy atom. The molecule has 0 spiro atoms. The number of hydrogen-bond acceptors (Lipinski definition) is 3. The molecule has 0 aliphatic heterocycles. The third-order valence-electron chi connectivity index (χ3n) is 2.34. The summed E-state index contributed by atoms with van der Waals surface area (Å²) >= 11 is 0. The first-order valence-corrected chi connectivity index (χ1v) is 5.14. The first kappa shape index (κ1) is 11.2. The van der Waals surface area contributed by atoms with Crippen LogP contribution in [0.3, 0.4) is 0 Å². The van der Waals surface area contributed by atoms with Gasteiger partial charge in [0.25, 0.3) is 0 Å². The van der Waals surface area contributed by atoms with Crippen LogP contribution in [-0.2, 0) is 0 Å². The second kappa shape index (κ2) is 4.68. The number of aromatic nitrogens is 3. The third kappa shape index (κ3) is 2.27. The fraction of sp³-hybridized carbons (Fsp3) is 0.167. The van der Waals surface area contributed by atoms with Crippen LogP contribution in [0, 0.1) is 18.8 Å². The van der Waals surface area contributed by atoms with Crippen LogP contribution < -0.4 is 11.4 Å².